The number of hydrogen-bond acceptors (Lipinski definition) is 6. The summed E-state index contributed by atoms with van der Waals surface area (Å²) in [5, 5.41) is 4.36. The van der Waals surface area contributed by atoms with E-state index < -0.39 is 38.5 Å². The number of anilines is 1. The van der Waals surface area contributed by atoms with E-state index in [0.29, 0.717) is 33.8 Å². The smallest absolute Gasteiger partial charge is 0.261 e. The van der Waals surface area contributed by atoms with Crippen LogP contribution in [0.5, 0.6) is 0 Å². The maximum Gasteiger partial charge on any atom is 0.261 e. The van der Waals surface area contributed by atoms with Gasteiger partial charge >= 0.3 is 0 Å². The van der Waals surface area contributed by atoms with Crippen LogP contribution in [0, 0.1) is 0 Å². The highest BCUT2D eigenvalue weighted by Crippen LogP contribution is 2.43. The maximum atomic E-state index is 14.0. The molecule has 43 heavy (non-hydrogen) atoms. The Kier molecular flexibility index (Phi) is 8.56. The second-order valence-corrected chi connectivity index (χ2v) is 18.5. The standard InChI is InChI=1S/C34H39N3O4SSi/c1-21(2)43(22(3)4,23(5)6)41-20-24-11-13-25(14-12-24)29(19-37-33(39)27-9-7-8-10-28(27)34(37)40)32(38)36-31-17-26-15-16-35-18-30(26)42-31/h7-18,21-23,29H,19-20H2,1-6H3,(H,36,38)/t29-/m1/s1/i29D. The number of carbonyl (C=O) groups is 3. The minimum atomic E-state index is -2.09. The van der Waals surface area contributed by atoms with Crippen LogP contribution in [0.3, 0.4) is 0 Å². The van der Waals surface area contributed by atoms with Crippen LogP contribution < -0.4 is 5.32 Å². The van der Waals surface area contributed by atoms with Gasteiger partial charge in [0.15, 0.2) is 0 Å². The first-order chi connectivity index (χ1) is 20.9. The van der Waals surface area contributed by atoms with Gasteiger partial charge < -0.3 is 9.74 Å². The van der Waals surface area contributed by atoms with E-state index in [2.05, 4.69) is 51.8 Å². The fraction of sp³-hybridized carbons (Fsp3) is 0.353. The molecule has 4 aromatic rings. The first kappa shape index (κ1) is 29.4. The summed E-state index contributed by atoms with van der Waals surface area (Å²) >= 11 is 1.35. The molecule has 0 saturated carbocycles. The van der Waals surface area contributed by atoms with E-state index in [9.17, 15) is 15.8 Å². The molecule has 0 aliphatic carbocycles. The van der Waals surface area contributed by atoms with E-state index in [4.69, 9.17) is 4.43 Å². The first-order valence-corrected chi connectivity index (χ1v) is 17.7. The van der Waals surface area contributed by atoms with Crippen molar-refractivity contribution in [3.05, 3.63) is 95.3 Å². The molecule has 224 valence electrons. The van der Waals surface area contributed by atoms with E-state index in [1.54, 1.807) is 48.8 Å². The second-order valence-electron chi connectivity index (χ2n) is 12.0. The molecule has 0 radical (unpaired) electrons. The topological polar surface area (TPSA) is 88.6 Å². The average molecular weight is 615 g/mol. The molecule has 1 aliphatic rings. The summed E-state index contributed by atoms with van der Waals surface area (Å²) < 4.78 is 17.2. The van der Waals surface area contributed by atoms with Crippen molar-refractivity contribution in [2.45, 2.75) is 70.7 Å². The minimum absolute atomic E-state index is 0.276. The third-order valence-electron chi connectivity index (χ3n) is 8.53. The maximum absolute atomic E-state index is 14.0. The quantitative estimate of drug-likeness (QED) is 0.137. The minimum Gasteiger partial charge on any atom is -0.412 e. The average Bonchev–Trinajstić information content (AvgIpc) is 3.51. The third kappa shape index (κ3) is 5.94. The molecule has 2 aromatic carbocycles. The fourth-order valence-electron chi connectivity index (χ4n) is 6.48. The van der Waals surface area contributed by atoms with E-state index in [0.717, 1.165) is 20.5 Å². The lowest BCUT2D eigenvalue weighted by Crippen LogP contribution is -2.47. The predicted molar refractivity (Wildman–Crippen MR) is 175 cm³/mol. The summed E-state index contributed by atoms with van der Waals surface area (Å²) in [5.41, 5.74) is 3.18. The molecule has 3 heterocycles. The zero-order chi connectivity index (χ0) is 31.8. The van der Waals surface area contributed by atoms with Crippen LogP contribution in [0.25, 0.3) is 10.1 Å². The number of aromatic nitrogens is 1. The van der Waals surface area contributed by atoms with Crippen LogP contribution in [0.4, 0.5) is 5.00 Å². The molecular formula is C34H39N3O4SSi. The summed E-state index contributed by atoms with van der Waals surface area (Å²) in [6.07, 6.45) is 3.40. The van der Waals surface area contributed by atoms with E-state index >= 15 is 0 Å². The van der Waals surface area contributed by atoms with Crippen molar-refractivity contribution in [2.24, 2.45) is 0 Å². The van der Waals surface area contributed by atoms with Gasteiger partial charge in [-0.3, -0.25) is 24.3 Å². The number of nitrogens with one attached hydrogen (secondary N) is 1. The summed E-state index contributed by atoms with van der Waals surface area (Å²) in [6, 6.07) is 17.5. The van der Waals surface area contributed by atoms with Gasteiger partial charge in [0.1, 0.15) is 0 Å². The lowest BCUT2D eigenvalue weighted by Gasteiger charge is -2.42. The highest BCUT2D eigenvalue weighted by Gasteiger charge is 2.45. The Balaban J connectivity index is 1.45. The number of hydrogen-bond donors (Lipinski definition) is 1. The van der Waals surface area contributed by atoms with Crippen LogP contribution in [-0.4, -0.2) is 42.5 Å². The Morgan fingerprint density at radius 3 is 2.12 bits per heavy atom. The number of pyridine rings is 1. The van der Waals surface area contributed by atoms with Gasteiger partial charge in [0, 0.05) is 20.3 Å². The van der Waals surface area contributed by atoms with Gasteiger partial charge in [-0.1, -0.05) is 77.9 Å². The van der Waals surface area contributed by atoms with Gasteiger partial charge in [0.25, 0.3) is 11.8 Å². The number of imide groups is 1. The third-order valence-corrected chi connectivity index (χ3v) is 15.6. The monoisotopic (exact) mass is 614 g/mol. The number of benzene rings is 2. The Hall–Kier alpha value is -3.66. The predicted octanol–water partition coefficient (Wildman–Crippen LogP) is 8.01. The summed E-state index contributed by atoms with van der Waals surface area (Å²) in [7, 11) is -2.09. The number of rotatable bonds is 11. The van der Waals surface area contributed by atoms with Gasteiger partial charge in [-0.05, 0) is 57.4 Å². The SMILES string of the molecule is [2H][C@](CN1C(=O)c2ccccc2C1=O)(C(=O)Nc1cc2ccncc2s1)c1ccc(CO[Si](C(C)C)(C(C)C)C(C)C)cc1. The molecule has 1 aliphatic heterocycles. The number of amides is 3. The van der Waals surface area contributed by atoms with Crippen LogP contribution in [0.15, 0.2) is 73.1 Å². The first-order valence-electron chi connectivity index (χ1n) is 15.2. The van der Waals surface area contributed by atoms with E-state index in [1.807, 2.05) is 24.3 Å². The Bertz CT molecular complexity index is 1610. The van der Waals surface area contributed by atoms with Gasteiger partial charge in [-0.2, -0.15) is 0 Å². The van der Waals surface area contributed by atoms with E-state index in [1.165, 1.54) is 11.3 Å². The molecule has 1 N–H and O–H groups in total. The molecule has 0 bridgehead atoms. The molecule has 1 atom stereocenters. The molecule has 9 heteroatoms. The number of thiophene rings is 1. The molecule has 0 saturated heterocycles. The number of fused-ring (bicyclic) bond motifs is 2. The number of nitrogens with zero attached hydrogens (tertiary/aromatic N) is 2. The zero-order valence-electron chi connectivity index (χ0n) is 26.5. The lowest BCUT2D eigenvalue weighted by atomic mass is 9.96. The van der Waals surface area contributed by atoms with Gasteiger partial charge in [0.05, 0.1) is 33.3 Å². The highest BCUT2D eigenvalue weighted by molar-refractivity contribution is 7.22. The molecule has 3 amide bonds. The second kappa shape index (κ2) is 12.5. The molecule has 0 fully saturated rings. The van der Waals surface area contributed by atoms with Crippen molar-refractivity contribution in [2.75, 3.05) is 11.9 Å². The zero-order valence-corrected chi connectivity index (χ0v) is 27.3. The van der Waals surface area contributed by atoms with Crippen LogP contribution in [-0.2, 0) is 15.8 Å². The Morgan fingerprint density at radius 1 is 0.953 bits per heavy atom. The Labute approximate surface area is 259 Å². The van der Waals surface area contributed by atoms with Gasteiger partial charge in [-0.25, -0.2) is 0 Å². The normalized spacial score (nSPS) is 15.4. The van der Waals surface area contributed by atoms with Gasteiger partial charge in [0.2, 0.25) is 14.2 Å². The summed E-state index contributed by atoms with van der Waals surface area (Å²) in [4.78, 5) is 45.7. The molecule has 5 rings (SSSR count). The van der Waals surface area contributed by atoms with Crippen LogP contribution in [0.1, 0.15) is 80.7 Å². The van der Waals surface area contributed by atoms with Crippen LogP contribution >= 0.6 is 11.3 Å². The van der Waals surface area contributed by atoms with Crippen molar-refractivity contribution in [1.82, 2.24) is 9.88 Å². The van der Waals surface area contributed by atoms with E-state index in [-0.39, 0.29) is 11.1 Å². The van der Waals surface area contributed by atoms with Crippen molar-refractivity contribution >= 4 is 52.5 Å². The lowest BCUT2D eigenvalue weighted by molar-refractivity contribution is -0.117. The summed E-state index contributed by atoms with van der Waals surface area (Å²) in [5.74, 6) is -3.63. The van der Waals surface area contributed by atoms with Crippen LogP contribution in [0.2, 0.25) is 16.6 Å². The summed E-state index contributed by atoms with van der Waals surface area (Å²) in [6.45, 7) is 13.5. The Morgan fingerprint density at radius 2 is 1.56 bits per heavy atom. The fourth-order valence-corrected chi connectivity index (χ4v) is 12.8. The van der Waals surface area contributed by atoms with Crippen molar-refractivity contribution < 1.29 is 20.2 Å². The number of carbonyl (C=O) groups excluding carboxylic acids is 3. The molecule has 2 aromatic heterocycles. The molecular weight excluding hydrogens is 575 g/mol. The molecule has 0 spiro atoms. The molecule has 0 unspecified atom stereocenters. The molecule has 7 nitrogen and oxygen atoms in total. The van der Waals surface area contributed by atoms with Crippen molar-refractivity contribution in [1.29, 1.82) is 0 Å². The van der Waals surface area contributed by atoms with Gasteiger partial charge in [-0.15, -0.1) is 11.3 Å². The van der Waals surface area contributed by atoms with Crippen molar-refractivity contribution in [3.8, 4) is 0 Å². The highest BCUT2D eigenvalue weighted by atomic mass is 32.1. The largest absolute Gasteiger partial charge is 0.412 e. The van der Waals surface area contributed by atoms with Crippen molar-refractivity contribution in [3.63, 3.8) is 0 Å².